The van der Waals surface area contributed by atoms with Crippen LogP contribution in [0.5, 0.6) is 5.88 Å². The van der Waals surface area contributed by atoms with Crippen LogP contribution in [-0.4, -0.2) is 48.6 Å². The van der Waals surface area contributed by atoms with Crippen LogP contribution >= 0.6 is 0 Å². The van der Waals surface area contributed by atoms with Gasteiger partial charge in [0.25, 0.3) is 0 Å². The van der Waals surface area contributed by atoms with Crippen molar-refractivity contribution in [2.45, 2.75) is 32.6 Å². The van der Waals surface area contributed by atoms with E-state index in [0.29, 0.717) is 37.0 Å². The Morgan fingerprint density at radius 2 is 2.25 bits per heavy atom. The third-order valence-electron chi connectivity index (χ3n) is 4.07. The number of ether oxygens (including phenoxy) is 1. The monoisotopic (exact) mass is 334 g/mol. The fourth-order valence-electron chi connectivity index (χ4n) is 2.77. The highest BCUT2D eigenvalue weighted by Gasteiger charge is 2.24. The number of pyridine rings is 1. The minimum Gasteiger partial charge on any atom is -0.481 e. The zero-order chi connectivity index (χ0) is 17.4. The zero-order valence-electron chi connectivity index (χ0n) is 14.4. The Kier molecular flexibility index (Phi) is 6.84. The number of urea groups is 1. The van der Waals surface area contributed by atoms with Crippen molar-refractivity contribution in [3.05, 3.63) is 18.3 Å². The number of nitrogens with zero attached hydrogens (tertiary/aromatic N) is 2. The summed E-state index contributed by atoms with van der Waals surface area (Å²) in [4.78, 5) is 29.8. The number of hydrogen-bond acceptors (Lipinski definition) is 4. The van der Waals surface area contributed by atoms with E-state index in [4.69, 9.17) is 4.74 Å². The van der Waals surface area contributed by atoms with Gasteiger partial charge < -0.3 is 20.3 Å². The van der Waals surface area contributed by atoms with Crippen LogP contribution in [-0.2, 0) is 4.79 Å². The minimum absolute atomic E-state index is 0.0865. The lowest BCUT2D eigenvalue weighted by molar-refractivity contribution is -0.121. The SMILES string of the molecule is CCCC(=O)NCC1CCCN(C(=O)Nc2ccc(OC)nc2)C1. The van der Waals surface area contributed by atoms with Gasteiger partial charge in [-0.05, 0) is 31.2 Å². The molecule has 1 aromatic rings. The van der Waals surface area contributed by atoms with Crippen LogP contribution in [0.25, 0.3) is 0 Å². The molecule has 2 heterocycles. The Hall–Kier alpha value is -2.31. The Morgan fingerprint density at radius 3 is 2.92 bits per heavy atom. The van der Waals surface area contributed by atoms with Crippen molar-refractivity contribution < 1.29 is 14.3 Å². The van der Waals surface area contributed by atoms with E-state index >= 15 is 0 Å². The molecule has 0 saturated carbocycles. The van der Waals surface area contributed by atoms with Crippen LogP contribution in [0, 0.1) is 5.92 Å². The van der Waals surface area contributed by atoms with E-state index in [1.165, 1.54) is 0 Å². The molecule has 0 spiro atoms. The molecule has 1 unspecified atom stereocenters. The maximum Gasteiger partial charge on any atom is 0.321 e. The number of methoxy groups -OCH3 is 1. The predicted molar refractivity (Wildman–Crippen MR) is 92.0 cm³/mol. The van der Waals surface area contributed by atoms with E-state index in [0.717, 1.165) is 25.8 Å². The second kappa shape index (κ2) is 9.10. The van der Waals surface area contributed by atoms with Crippen LogP contribution in [0.1, 0.15) is 32.6 Å². The van der Waals surface area contributed by atoms with Crippen molar-refractivity contribution in [1.29, 1.82) is 0 Å². The molecule has 132 valence electrons. The number of rotatable bonds is 6. The van der Waals surface area contributed by atoms with Gasteiger partial charge in [0.15, 0.2) is 0 Å². The number of hydrogen-bond donors (Lipinski definition) is 2. The summed E-state index contributed by atoms with van der Waals surface area (Å²) in [5.74, 6) is 0.900. The number of piperidine rings is 1. The molecule has 1 aromatic heterocycles. The fourth-order valence-corrected chi connectivity index (χ4v) is 2.77. The summed E-state index contributed by atoms with van der Waals surface area (Å²) in [6.07, 6.45) is 4.95. The van der Waals surface area contributed by atoms with Gasteiger partial charge in [-0.3, -0.25) is 4.79 Å². The van der Waals surface area contributed by atoms with E-state index in [9.17, 15) is 9.59 Å². The second-order valence-corrected chi connectivity index (χ2v) is 6.03. The van der Waals surface area contributed by atoms with E-state index in [1.54, 1.807) is 30.3 Å². The highest BCUT2D eigenvalue weighted by molar-refractivity contribution is 5.89. The molecule has 0 aromatic carbocycles. The summed E-state index contributed by atoms with van der Waals surface area (Å²) < 4.78 is 5.00. The third kappa shape index (κ3) is 5.40. The molecule has 1 atom stereocenters. The van der Waals surface area contributed by atoms with Crippen LogP contribution < -0.4 is 15.4 Å². The van der Waals surface area contributed by atoms with Gasteiger partial charge in [-0.2, -0.15) is 0 Å². The van der Waals surface area contributed by atoms with E-state index in [1.807, 2.05) is 6.92 Å². The largest absolute Gasteiger partial charge is 0.481 e. The average molecular weight is 334 g/mol. The maximum absolute atomic E-state index is 12.4. The van der Waals surface area contributed by atoms with Crippen molar-refractivity contribution in [2.24, 2.45) is 5.92 Å². The Morgan fingerprint density at radius 1 is 1.42 bits per heavy atom. The van der Waals surface area contributed by atoms with Crippen LogP contribution in [0.15, 0.2) is 18.3 Å². The van der Waals surface area contributed by atoms with Crippen molar-refractivity contribution in [3.8, 4) is 5.88 Å². The highest BCUT2D eigenvalue weighted by atomic mass is 16.5. The zero-order valence-corrected chi connectivity index (χ0v) is 14.4. The fraction of sp³-hybridized carbons (Fsp3) is 0.588. The normalized spacial score (nSPS) is 17.2. The predicted octanol–water partition coefficient (Wildman–Crippen LogP) is 2.25. The molecule has 1 aliphatic heterocycles. The number of anilines is 1. The van der Waals surface area contributed by atoms with Gasteiger partial charge in [0, 0.05) is 32.1 Å². The first-order valence-corrected chi connectivity index (χ1v) is 8.45. The van der Waals surface area contributed by atoms with Crippen molar-refractivity contribution in [2.75, 3.05) is 32.1 Å². The Balaban J connectivity index is 1.81. The molecule has 1 saturated heterocycles. The number of carbonyl (C=O) groups is 2. The van der Waals surface area contributed by atoms with Crippen LogP contribution in [0.3, 0.4) is 0 Å². The molecular formula is C17H26N4O3. The topological polar surface area (TPSA) is 83.6 Å². The summed E-state index contributed by atoms with van der Waals surface area (Å²) in [6.45, 7) is 4.00. The lowest BCUT2D eigenvalue weighted by Gasteiger charge is -2.32. The van der Waals surface area contributed by atoms with Crippen LogP contribution in [0.4, 0.5) is 10.5 Å². The Labute approximate surface area is 142 Å². The summed E-state index contributed by atoms with van der Waals surface area (Å²) in [5.41, 5.74) is 0.638. The molecule has 2 N–H and O–H groups in total. The molecule has 0 aliphatic carbocycles. The number of aromatic nitrogens is 1. The van der Waals surface area contributed by atoms with Gasteiger partial charge in [-0.1, -0.05) is 6.92 Å². The molecule has 2 rings (SSSR count). The summed E-state index contributed by atoms with van der Waals surface area (Å²) in [7, 11) is 1.55. The standard InChI is InChI=1S/C17H26N4O3/c1-3-5-15(22)18-10-13-6-4-9-21(12-13)17(23)20-14-7-8-16(24-2)19-11-14/h7-8,11,13H,3-6,9-10,12H2,1-2H3,(H,18,22)(H,20,23). The van der Waals surface area contributed by atoms with Crippen molar-refractivity contribution in [3.63, 3.8) is 0 Å². The van der Waals surface area contributed by atoms with Crippen molar-refractivity contribution in [1.82, 2.24) is 15.2 Å². The first-order valence-electron chi connectivity index (χ1n) is 8.45. The van der Waals surface area contributed by atoms with E-state index < -0.39 is 0 Å². The molecular weight excluding hydrogens is 308 g/mol. The van der Waals surface area contributed by atoms with Crippen molar-refractivity contribution >= 4 is 17.6 Å². The summed E-state index contributed by atoms with van der Waals surface area (Å²) in [6, 6.07) is 3.33. The maximum atomic E-state index is 12.4. The number of carbonyl (C=O) groups excluding carboxylic acids is 2. The molecule has 7 heteroatoms. The quantitative estimate of drug-likeness (QED) is 0.836. The van der Waals surface area contributed by atoms with Gasteiger partial charge in [-0.15, -0.1) is 0 Å². The van der Waals surface area contributed by atoms with Gasteiger partial charge in [0.2, 0.25) is 11.8 Å². The van der Waals surface area contributed by atoms with Gasteiger partial charge >= 0.3 is 6.03 Å². The molecule has 24 heavy (non-hydrogen) atoms. The summed E-state index contributed by atoms with van der Waals surface area (Å²) in [5, 5.41) is 5.80. The molecule has 0 radical (unpaired) electrons. The van der Waals surface area contributed by atoms with E-state index in [-0.39, 0.29) is 11.9 Å². The number of nitrogens with one attached hydrogen (secondary N) is 2. The molecule has 3 amide bonds. The van der Waals surface area contributed by atoms with Gasteiger partial charge in [0.05, 0.1) is 19.0 Å². The molecule has 7 nitrogen and oxygen atoms in total. The molecule has 0 bridgehead atoms. The minimum atomic E-state index is -0.133. The highest BCUT2D eigenvalue weighted by Crippen LogP contribution is 2.18. The number of likely N-dealkylation sites (tertiary alicyclic amines) is 1. The second-order valence-electron chi connectivity index (χ2n) is 6.03. The lowest BCUT2D eigenvalue weighted by Crippen LogP contribution is -2.45. The van der Waals surface area contributed by atoms with E-state index in [2.05, 4.69) is 15.6 Å². The third-order valence-corrected chi connectivity index (χ3v) is 4.07. The smallest absolute Gasteiger partial charge is 0.321 e. The molecule has 1 aliphatic rings. The van der Waals surface area contributed by atoms with Gasteiger partial charge in [0.1, 0.15) is 0 Å². The lowest BCUT2D eigenvalue weighted by atomic mass is 9.98. The first-order chi connectivity index (χ1) is 11.6. The average Bonchev–Trinajstić information content (AvgIpc) is 2.61. The number of amides is 3. The molecule has 1 fully saturated rings. The van der Waals surface area contributed by atoms with Crippen LogP contribution in [0.2, 0.25) is 0 Å². The summed E-state index contributed by atoms with van der Waals surface area (Å²) >= 11 is 0. The van der Waals surface area contributed by atoms with Gasteiger partial charge in [-0.25, -0.2) is 9.78 Å². The Bertz CT molecular complexity index is 547. The first kappa shape index (κ1) is 18.0.